The Balaban J connectivity index is 7.15. The second kappa shape index (κ2) is 9.59. The standard InChI is InChI=1S/C14H10F17NO4S/c1-3-5-32(12(26,27)13(28,29)36-6(33)4-2)37(34,35)14(30,31)10(21,22)8(17,18)7(15,16)9(19,20)11(23,24)25/h4H,2-3,5H2,1H3. The highest BCUT2D eigenvalue weighted by Crippen LogP contribution is 2.61. The van der Waals surface area contributed by atoms with Gasteiger partial charge in [-0.2, -0.15) is 74.6 Å². The molecular weight excluding hydrogens is 601 g/mol. The average molecular weight is 611 g/mol. The number of sulfonamides is 1. The number of nitrogens with zero attached hydrogens (tertiary/aromatic N) is 1. The molecule has 0 saturated carbocycles. The van der Waals surface area contributed by atoms with Gasteiger partial charge in [0.25, 0.3) is 10.0 Å². The smallest absolute Gasteiger partial charge is 0.392 e. The fraction of sp³-hybridized carbons (Fsp3) is 0.786. The number of ether oxygens (including phenoxy) is 1. The third-order valence-corrected chi connectivity index (χ3v) is 5.90. The second-order valence-electron chi connectivity index (χ2n) is 6.57. The first kappa shape index (κ1) is 34.9. The SMILES string of the molecule is C=CC(=O)OC(F)(F)C(F)(F)N(CCC)S(=O)(=O)C(F)(F)C(F)(F)C(F)(F)C(F)(F)C(F)(F)C(F)(F)F. The largest absolute Gasteiger partial charge is 0.483 e. The van der Waals surface area contributed by atoms with Gasteiger partial charge in [0, 0.05) is 12.6 Å². The third kappa shape index (κ3) is 5.03. The van der Waals surface area contributed by atoms with Crippen LogP contribution in [0.15, 0.2) is 12.7 Å². The molecule has 0 aliphatic rings. The minimum absolute atomic E-state index is 0.311. The van der Waals surface area contributed by atoms with Gasteiger partial charge < -0.3 is 4.74 Å². The maximum absolute atomic E-state index is 14.1. The molecule has 0 heterocycles. The predicted octanol–water partition coefficient (Wildman–Crippen LogP) is 5.64. The Labute approximate surface area is 193 Å². The van der Waals surface area contributed by atoms with Crippen molar-refractivity contribution in [3.8, 4) is 0 Å². The van der Waals surface area contributed by atoms with E-state index in [4.69, 9.17) is 0 Å². The highest BCUT2D eigenvalue weighted by molar-refractivity contribution is 7.90. The molecule has 0 rings (SSSR count). The van der Waals surface area contributed by atoms with Crippen LogP contribution >= 0.6 is 0 Å². The predicted molar refractivity (Wildman–Crippen MR) is 82.9 cm³/mol. The first-order valence-corrected chi connectivity index (χ1v) is 9.93. The van der Waals surface area contributed by atoms with Gasteiger partial charge in [0.15, 0.2) is 0 Å². The lowest BCUT2D eigenvalue weighted by Gasteiger charge is -2.41. The van der Waals surface area contributed by atoms with E-state index >= 15 is 0 Å². The Bertz CT molecular complexity index is 973. The number of rotatable bonds is 12. The van der Waals surface area contributed by atoms with Crippen molar-refractivity contribution in [1.82, 2.24) is 4.31 Å². The molecule has 0 bridgehead atoms. The van der Waals surface area contributed by atoms with Crippen molar-refractivity contribution >= 4 is 16.0 Å². The number of halogens is 17. The number of esters is 1. The topological polar surface area (TPSA) is 63.7 Å². The van der Waals surface area contributed by atoms with E-state index in [1.165, 1.54) is 0 Å². The molecular formula is C14H10F17NO4S. The fourth-order valence-corrected chi connectivity index (χ4v) is 3.60. The first-order valence-electron chi connectivity index (χ1n) is 8.49. The van der Waals surface area contributed by atoms with Gasteiger partial charge in [0.1, 0.15) is 0 Å². The van der Waals surface area contributed by atoms with E-state index in [0.717, 1.165) is 0 Å². The molecule has 0 aromatic heterocycles. The molecule has 5 nitrogen and oxygen atoms in total. The molecule has 0 N–H and O–H groups in total. The Kier molecular flexibility index (Phi) is 9.06. The summed E-state index contributed by atoms with van der Waals surface area (Å²) in [6.45, 7) is 0.400. The summed E-state index contributed by atoms with van der Waals surface area (Å²) in [5.74, 6) is -36.8. The van der Waals surface area contributed by atoms with Crippen LogP contribution in [0.25, 0.3) is 0 Å². The van der Waals surface area contributed by atoms with Crippen LogP contribution in [0, 0.1) is 0 Å². The van der Waals surface area contributed by atoms with Crippen molar-refractivity contribution in [2.45, 2.75) is 60.6 Å². The van der Waals surface area contributed by atoms with Crippen LogP contribution in [-0.2, 0) is 19.6 Å². The molecule has 220 valence electrons. The van der Waals surface area contributed by atoms with Gasteiger partial charge in [-0.3, -0.25) is 0 Å². The van der Waals surface area contributed by atoms with E-state index in [1.54, 1.807) is 0 Å². The Hall–Kier alpha value is -2.07. The summed E-state index contributed by atoms with van der Waals surface area (Å²) in [6.07, 6.45) is -16.1. The lowest BCUT2D eigenvalue weighted by Crippen LogP contribution is -2.73. The van der Waals surface area contributed by atoms with Gasteiger partial charge in [-0.25, -0.2) is 13.2 Å². The third-order valence-electron chi connectivity index (χ3n) is 4.00. The summed E-state index contributed by atoms with van der Waals surface area (Å²) in [5.41, 5.74) is 0. The number of carbonyl (C=O) groups excluding carboxylic acids is 1. The zero-order valence-electron chi connectivity index (χ0n) is 17.1. The van der Waals surface area contributed by atoms with E-state index in [-0.39, 0.29) is 6.08 Å². The zero-order chi connectivity index (χ0) is 30.5. The molecule has 0 saturated heterocycles. The minimum Gasteiger partial charge on any atom is -0.392 e. The first-order chi connectivity index (χ1) is 15.9. The highest BCUT2D eigenvalue weighted by atomic mass is 32.2. The number of carbonyl (C=O) groups is 1. The van der Waals surface area contributed by atoms with Crippen molar-refractivity contribution in [1.29, 1.82) is 0 Å². The van der Waals surface area contributed by atoms with E-state index in [9.17, 15) is 87.8 Å². The lowest BCUT2D eigenvalue weighted by atomic mass is 9.98. The number of hydrogen-bond donors (Lipinski definition) is 0. The summed E-state index contributed by atoms with van der Waals surface area (Å²) < 4.78 is 251. The van der Waals surface area contributed by atoms with E-state index in [2.05, 4.69) is 11.3 Å². The van der Waals surface area contributed by atoms with Crippen LogP contribution in [0.5, 0.6) is 0 Å². The summed E-state index contributed by atoms with van der Waals surface area (Å²) in [7, 11) is -8.56. The molecule has 0 aliphatic carbocycles. The van der Waals surface area contributed by atoms with Gasteiger partial charge in [0.2, 0.25) is 0 Å². The van der Waals surface area contributed by atoms with Crippen molar-refractivity contribution in [2.24, 2.45) is 0 Å². The number of hydrogen-bond acceptors (Lipinski definition) is 4. The van der Waals surface area contributed by atoms with Crippen LogP contribution in [0.2, 0.25) is 0 Å². The highest BCUT2D eigenvalue weighted by Gasteiger charge is 2.93. The molecule has 0 radical (unpaired) electrons. The van der Waals surface area contributed by atoms with Crippen LogP contribution in [-0.4, -0.2) is 72.5 Å². The van der Waals surface area contributed by atoms with Gasteiger partial charge in [0.05, 0.1) is 0 Å². The lowest BCUT2D eigenvalue weighted by molar-refractivity contribution is -0.434. The summed E-state index contributed by atoms with van der Waals surface area (Å²) in [5, 5.41) is -8.23. The van der Waals surface area contributed by atoms with Crippen LogP contribution in [0.4, 0.5) is 74.6 Å². The van der Waals surface area contributed by atoms with Crippen molar-refractivity contribution in [3.63, 3.8) is 0 Å². The molecule has 23 heteroatoms. The van der Waals surface area contributed by atoms with Crippen LogP contribution in [0.1, 0.15) is 13.3 Å². The molecule has 0 aromatic rings. The molecule has 0 aromatic carbocycles. The molecule has 0 unspecified atom stereocenters. The molecule has 0 spiro atoms. The second-order valence-corrected chi connectivity index (χ2v) is 8.48. The van der Waals surface area contributed by atoms with E-state index in [1.807, 2.05) is 0 Å². The molecule has 0 fully saturated rings. The summed E-state index contributed by atoms with van der Waals surface area (Å²) in [6, 6.07) is -6.92. The van der Waals surface area contributed by atoms with Gasteiger partial charge in [-0.1, -0.05) is 13.5 Å². The van der Waals surface area contributed by atoms with E-state index < -0.39 is 80.5 Å². The average Bonchev–Trinajstić information content (AvgIpc) is 2.69. The normalized spacial score (nSPS) is 15.6. The molecule has 0 atom stereocenters. The Morgan fingerprint density at radius 3 is 1.46 bits per heavy atom. The summed E-state index contributed by atoms with van der Waals surface area (Å²) >= 11 is 0. The molecule has 0 amide bonds. The van der Waals surface area contributed by atoms with Crippen LogP contribution < -0.4 is 0 Å². The quantitative estimate of drug-likeness (QED) is 0.124. The Morgan fingerprint density at radius 1 is 0.757 bits per heavy atom. The maximum atomic E-state index is 14.1. The van der Waals surface area contributed by atoms with Crippen molar-refractivity contribution < 1.29 is 92.6 Å². The zero-order valence-corrected chi connectivity index (χ0v) is 17.9. The van der Waals surface area contributed by atoms with Crippen molar-refractivity contribution in [2.75, 3.05) is 6.54 Å². The Morgan fingerprint density at radius 2 is 1.14 bits per heavy atom. The van der Waals surface area contributed by atoms with Gasteiger partial charge in [-0.05, 0) is 6.42 Å². The van der Waals surface area contributed by atoms with E-state index in [0.29, 0.717) is 6.92 Å². The molecule has 37 heavy (non-hydrogen) atoms. The van der Waals surface area contributed by atoms with Crippen LogP contribution in [0.3, 0.4) is 0 Å². The monoisotopic (exact) mass is 611 g/mol. The van der Waals surface area contributed by atoms with Gasteiger partial charge >= 0.3 is 53.2 Å². The summed E-state index contributed by atoms with van der Waals surface area (Å²) in [4.78, 5) is 10.7. The maximum Gasteiger partial charge on any atom is 0.483 e. The minimum atomic E-state index is -8.72. The van der Waals surface area contributed by atoms with Gasteiger partial charge in [-0.15, -0.1) is 4.31 Å². The molecule has 0 aliphatic heterocycles. The van der Waals surface area contributed by atoms with Crippen molar-refractivity contribution in [3.05, 3.63) is 12.7 Å². The number of alkyl halides is 17. The fourth-order valence-electron chi connectivity index (χ4n) is 2.04.